The Morgan fingerprint density at radius 3 is 2.69 bits per heavy atom. The molecule has 0 aliphatic carbocycles. The Balaban J connectivity index is 2.03. The maximum absolute atomic E-state index is 12.8. The second-order valence-corrected chi connectivity index (χ2v) is 5.73. The number of carbonyl (C=O) groups excluding carboxylic acids is 1. The zero-order chi connectivity index (χ0) is 18.7. The summed E-state index contributed by atoms with van der Waals surface area (Å²) in [7, 11) is 1.53. The summed E-state index contributed by atoms with van der Waals surface area (Å²) in [6.07, 6.45) is 0. The number of hydrogen-bond acceptors (Lipinski definition) is 5. The summed E-state index contributed by atoms with van der Waals surface area (Å²) < 4.78 is 15.9. The van der Waals surface area contributed by atoms with Crippen molar-refractivity contribution in [2.45, 2.75) is 13.8 Å². The highest BCUT2D eigenvalue weighted by Crippen LogP contribution is 2.27. The molecule has 2 aromatic carbocycles. The van der Waals surface area contributed by atoms with E-state index >= 15 is 0 Å². The number of nitrogens with one attached hydrogen (secondary N) is 1. The van der Waals surface area contributed by atoms with Gasteiger partial charge in [0.1, 0.15) is 17.1 Å². The molecule has 26 heavy (non-hydrogen) atoms. The number of anilines is 1. The minimum Gasteiger partial charge on any atom is -0.495 e. The fourth-order valence-electron chi connectivity index (χ4n) is 2.70. The van der Waals surface area contributed by atoms with Crippen LogP contribution in [0.4, 0.5) is 5.69 Å². The summed E-state index contributed by atoms with van der Waals surface area (Å²) in [6.45, 7) is 4.26. The van der Waals surface area contributed by atoms with Gasteiger partial charge in [-0.3, -0.25) is 4.79 Å². The fourth-order valence-corrected chi connectivity index (χ4v) is 2.70. The van der Waals surface area contributed by atoms with Gasteiger partial charge in [-0.2, -0.15) is 0 Å². The number of aryl methyl sites for hydroxylation is 1. The van der Waals surface area contributed by atoms with Crippen LogP contribution in [-0.2, 0) is 0 Å². The van der Waals surface area contributed by atoms with Crippen LogP contribution in [0.5, 0.6) is 11.5 Å². The van der Waals surface area contributed by atoms with Crippen molar-refractivity contribution in [3.8, 4) is 11.5 Å². The third-order valence-corrected chi connectivity index (χ3v) is 3.87. The summed E-state index contributed by atoms with van der Waals surface area (Å²) in [4.78, 5) is 24.7. The molecule has 0 bridgehead atoms. The lowest BCUT2D eigenvalue weighted by Gasteiger charge is -2.12. The number of hydrogen-bond donors (Lipinski definition) is 1. The molecule has 6 nitrogen and oxygen atoms in total. The van der Waals surface area contributed by atoms with E-state index in [0.29, 0.717) is 34.8 Å². The van der Waals surface area contributed by atoms with Crippen molar-refractivity contribution in [3.05, 3.63) is 64.0 Å². The van der Waals surface area contributed by atoms with Crippen LogP contribution in [0.1, 0.15) is 22.8 Å². The Bertz CT molecular complexity index is 1020. The molecule has 3 aromatic rings. The molecule has 134 valence electrons. The molecule has 1 heterocycles. The van der Waals surface area contributed by atoms with Crippen LogP contribution in [0.15, 0.2) is 51.7 Å². The fraction of sp³-hybridized carbons (Fsp3) is 0.200. The van der Waals surface area contributed by atoms with Gasteiger partial charge in [0, 0.05) is 17.5 Å². The van der Waals surface area contributed by atoms with Crippen LogP contribution in [0.25, 0.3) is 11.0 Å². The van der Waals surface area contributed by atoms with E-state index in [-0.39, 0.29) is 5.56 Å². The van der Waals surface area contributed by atoms with Gasteiger partial charge in [-0.05, 0) is 43.7 Å². The normalized spacial score (nSPS) is 10.6. The number of carbonyl (C=O) groups is 1. The number of amides is 1. The maximum Gasteiger partial charge on any atom is 0.337 e. The van der Waals surface area contributed by atoms with Crippen molar-refractivity contribution in [1.82, 2.24) is 0 Å². The van der Waals surface area contributed by atoms with Gasteiger partial charge in [0.2, 0.25) is 0 Å². The largest absolute Gasteiger partial charge is 0.495 e. The molecule has 3 rings (SSSR count). The van der Waals surface area contributed by atoms with Crippen molar-refractivity contribution >= 4 is 22.6 Å². The summed E-state index contributed by atoms with van der Waals surface area (Å²) in [5.74, 6) is 0.687. The lowest BCUT2D eigenvalue weighted by atomic mass is 10.1. The van der Waals surface area contributed by atoms with E-state index in [1.807, 2.05) is 19.9 Å². The molecule has 0 saturated carbocycles. The first-order chi connectivity index (χ1) is 12.5. The maximum atomic E-state index is 12.8. The van der Waals surface area contributed by atoms with Crippen LogP contribution >= 0.6 is 0 Å². The molecule has 0 saturated heterocycles. The van der Waals surface area contributed by atoms with Crippen LogP contribution in [0.2, 0.25) is 0 Å². The van der Waals surface area contributed by atoms with E-state index in [2.05, 4.69) is 5.32 Å². The van der Waals surface area contributed by atoms with Gasteiger partial charge in [0.05, 0.1) is 25.0 Å². The molecule has 0 aliphatic rings. The number of ether oxygens (including phenoxy) is 2. The Hall–Kier alpha value is -3.28. The zero-order valence-electron chi connectivity index (χ0n) is 14.8. The Kier molecular flexibility index (Phi) is 4.93. The average molecular weight is 353 g/mol. The van der Waals surface area contributed by atoms with E-state index in [9.17, 15) is 9.59 Å². The van der Waals surface area contributed by atoms with Gasteiger partial charge >= 0.3 is 5.63 Å². The average Bonchev–Trinajstić information content (AvgIpc) is 2.61. The Morgan fingerprint density at radius 1 is 1.15 bits per heavy atom. The predicted molar refractivity (Wildman–Crippen MR) is 99.3 cm³/mol. The smallest absolute Gasteiger partial charge is 0.337 e. The van der Waals surface area contributed by atoms with E-state index in [1.165, 1.54) is 13.2 Å². The third kappa shape index (κ3) is 3.54. The first kappa shape index (κ1) is 17.5. The van der Waals surface area contributed by atoms with Crippen LogP contribution in [0, 0.1) is 6.92 Å². The van der Waals surface area contributed by atoms with Crippen LogP contribution < -0.4 is 20.4 Å². The standard InChI is InChI=1S/C20H19NO5/c1-4-25-13-6-7-14-15(11-19(22)26-18(14)10-13)20(23)21-16-9-12(2)5-8-17(16)24-3/h5-11H,4H2,1-3H3,(H,21,23). The van der Waals surface area contributed by atoms with Gasteiger partial charge in [-0.15, -0.1) is 0 Å². The summed E-state index contributed by atoms with van der Waals surface area (Å²) in [6, 6.07) is 11.7. The molecule has 0 unspecified atom stereocenters. The molecule has 0 radical (unpaired) electrons. The van der Waals surface area contributed by atoms with E-state index in [1.54, 1.807) is 30.3 Å². The number of benzene rings is 2. The number of rotatable bonds is 5. The van der Waals surface area contributed by atoms with E-state index < -0.39 is 11.5 Å². The Morgan fingerprint density at radius 2 is 1.96 bits per heavy atom. The lowest BCUT2D eigenvalue weighted by molar-refractivity contribution is 0.102. The van der Waals surface area contributed by atoms with Crippen molar-refractivity contribution in [3.63, 3.8) is 0 Å². The molecule has 1 amide bonds. The van der Waals surface area contributed by atoms with Gasteiger partial charge in [0.25, 0.3) is 5.91 Å². The van der Waals surface area contributed by atoms with Gasteiger partial charge < -0.3 is 19.2 Å². The first-order valence-electron chi connectivity index (χ1n) is 8.18. The molecule has 0 fully saturated rings. The van der Waals surface area contributed by atoms with Crippen LogP contribution in [-0.4, -0.2) is 19.6 Å². The minimum absolute atomic E-state index is 0.225. The molecule has 0 aliphatic heterocycles. The molecular weight excluding hydrogens is 334 g/mol. The predicted octanol–water partition coefficient (Wildman–Crippen LogP) is 3.76. The molecule has 0 spiro atoms. The molecule has 1 N–H and O–H groups in total. The monoisotopic (exact) mass is 353 g/mol. The molecular formula is C20H19NO5. The lowest BCUT2D eigenvalue weighted by Crippen LogP contribution is -2.16. The number of fused-ring (bicyclic) bond motifs is 1. The van der Waals surface area contributed by atoms with Crippen molar-refractivity contribution < 1.29 is 18.7 Å². The SMILES string of the molecule is CCOc1ccc2c(C(=O)Nc3cc(C)ccc3OC)cc(=O)oc2c1. The van der Waals surface area contributed by atoms with Crippen molar-refractivity contribution in [2.75, 3.05) is 19.0 Å². The first-order valence-corrected chi connectivity index (χ1v) is 8.18. The minimum atomic E-state index is -0.604. The highest BCUT2D eigenvalue weighted by molar-refractivity contribution is 6.12. The second kappa shape index (κ2) is 7.31. The topological polar surface area (TPSA) is 77.8 Å². The summed E-state index contributed by atoms with van der Waals surface area (Å²) in [5, 5.41) is 3.33. The van der Waals surface area contributed by atoms with E-state index in [0.717, 1.165) is 5.56 Å². The molecule has 0 atom stereocenters. The Labute approximate surface area is 150 Å². The third-order valence-electron chi connectivity index (χ3n) is 3.87. The van der Waals surface area contributed by atoms with Crippen molar-refractivity contribution in [2.24, 2.45) is 0 Å². The second-order valence-electron chi connectivity index (χ2n) is 5.73. The van der Waals surface area contributed by atoms with E-state index in [4.69, 9.17) is 13.9 Å². The quantitative estimate of drug-likeness (QED) is 0.707. The number of methoxy groups -OCH3 is 1. The molecule has 1 aromatic heterocycles. The van der Waals surface area contributed by atoms with Crippen molar-refractivity contribution in [1.29, 1.82) is 0 Å². The van der Waals surface area contributed by atoms with Crippen LogP contribution in [0.3, 0.4) is 0 Å². The summed E-state index contributed by atoms with van der Waals surface area (Å²) in [5.41, 5.74) is 1.42. The van der Waals surface area contributed by atoms with Gasteiger partial charge in [-0.25, -0.2) is 4.79 Å². The van der Waals surface area contributed by atoms with Gasteiger partial charge in [-0.1, -0.05) is 6.07 Å². The highest BCUT2D eigenvalue weighted by Gasteiger charge is 2.16. The molecule has 6 heteroatoms. The zero-order valence-corrected chi connectivity index (χ0v) is 14.8. The summed E-state index contributed by atoms with van der Waals surface area (Å²) >= 11 is 0. The van der Waals surface area contributed by atoms with Gasteiger partial charge in [0.15, 0.2) is 0 Å². The highest BCUT2D eigenvalue weighted by atomic mass is 16.5.